The highest BCUT2D eigenvalue weighted by molar-refractivity contribution is 6.30. The number of carbonyl (C=O) groups excluding carboxylic acids is 1. The zero-order valence-electron chi connectivity index (χ0n) is 13.8. The molecule has 0 atom stereocenters. The van der Waals surface area contributed by atoms with Gasteiger partial charge < -0.3 is 10.6 Å². The average molecular weight is 387 g/mol. The van der Waals surface area contributed by atoms with E-state index in [2.05, 4.69) is 15.7 Å². The fourth-order valence-corrected chi connectivity index (χ4v) is 2.82. The van der Waals surface area contributed by atoms with E-state index in [1.165, 1.54) is 4.68 Å². The number of urea groups is 1. The van der Waals surface area contributed by atoms with Crippen molar-refractivity contribution in [3.63, 3.8) is 0 Å². The van der Waals surface area contributed by atoms with Gasteiger partial charge in [0.25, 0.3) is 0 Å². The lowest BCUT2D eigenvalue weighted by molar-refractivity contribution is -0.141. The number of carbonyl (C=O) groups is 1. The molecule has 1 saturated carbocycles. The molecule has 1 aliphatic carbocycles. The molecule has 1 heterocycles. The number of alkyl halides is 3. The molecule has 9 heteroatoms. The van der Waals surface area contributed by atoms with E-state index in [0.717, 1.165) is 18.9 Å². The van der Waals surface area contributed by atoms with Crippen LogP contribution in [0.4, 0.5) is 23.7 Å². The standard InChI is InChI=1S/C17H18ClF3N4O/c18-12-3-1-4-13(9-12)23-16(26)22-7-2-8-25-14(11-5-6-11)10-15(24-25)17(19,20)21/h1,3-4,9-11H,2,5-8H2,(H2,22,23,26). The van der Waals surface area contributed by atoms with Crippen LogP contribution in [0.25, 0.3) is 0 Å². The van der Waals surface area contributed by atoms with E-state index in [4.69, 9.17) is 11.6 Å². The van der Waals surface area contributed by atoms with Crippen LogP contribution in [0.3, 0.4) is 0 Å². The third kappa shape index (κ3) is 4.91. The van der Waals surface area contributed by atoms with Crippen LogP contribution in [0.15, 0.2) is 30.3 Å². The van der Waals surface area contributed by atoms with Crippen LogP contribution in [0.1, 0.15) is 36.6 Å². The van der Waals surface area contributed by atoms with Crippen molar-refractivity contribution in [2.75, 3.05) is 11.9 Å². The fraction of sp³-hybridized carbons (Fsp3) is 0.412. The number of amides is 2. The number of nitrogens with zero attached hydrogens (tertiary/aromatic N) is 2. The highest BCUT2D eigenvalue weighted by Gasteiger charge is 2.37. The third-order valence-electron chi connectivity index (χ3n) is 4.01. The van der Waals surface area contributed by atoms with E-state index >= 15 is 0 Å². The second-order valence-corrected chi connectivity index (χ2v) is 6.63. The number of rotatable bonds is 6. The van der Waals surface area contributed by atoms with Crippen LogP contribution in [0.2, 0.25) is 5.02 Å². The first-order valence-corrected chi connectivity index (χ1v) is 8.66. The molecule has 2 aromatic rings. The fourth-order valence-electron chi connectivity index (χ4n) is 2.63. The van der Waals surface area contributed by atoms with Crippen molar-refractivity contribution in [2.45, 2.75) is 37.9 Å². The second-order valence-electron chi connectivity index (χ2n) is 6.19. The Hall–Kier alpha value is -2.22. The van der Waals surface area contributed by atoms with Gasteiger partial charge in [-0.2, -0.15) is 18.3 Å². The van der Waals surface area contributed by atoms with Gasteiger partial charge in [0.15, 0.2) is 5.69 Å². The van der Waals surface area contributed by atoms with Gasteiger partial charge in [-0.05, 0) is 43.5 Å². The molecular formula is C17H18ClF3N4O. The van der Waals surface area contributed by atoms with Gasteiger partial charge in [-0.3, -0.25) is 4.68 Å². The summed E-state index contributed by atoms with van der Waals surface area (Å²) in [5.41, 5.74) is 0.333. The summed E-state index contributed by atoms with van der Waals surface area (Å²) in [4.78, 5) is 11.8. The first-order chi connectivity index (χ1) is 12.3. The lowest BCUT2D eigenvalue weighted by Crippen LogP contribution is -2.30. The van der Waals surface area contributed by atoms with Crippen molar-refractivity contribution in [1.29, 1.82) is 0 Å². The van der Waals surface area contributed by atoms with Crippen molar-refractivity contribution < 1.29 is 18.0 Å². The molecule has 26 heavy (non-hydrogen) atoms. The SMILES string of the molecule is O=C(NCCCn1nc(C(F)(F)F)cc1C1CC1)Nc1cccc(Cl)c1. The number of aromatic nitrogens is 2. The minimum Gasteiger partial charge on any atom is -0.338 e. The molecule has 3 rings (SSSR count). The van der Waals surface area contributed by atoms with Gasteiger partial charge in [-0.25, -0.2) is 4.79 Å². The van der Waals surface area contributed by atoms with Gasteiger partial charge in [0.1, 0.15) is 0 Å². The summed E-state index contributed by atoms with van der Waals surface area (Å²) >= 11 is 5.84. The summed E-state index contributed by atoms with van der Waals surface area (Å²) in [6, 6.07) is 7.47. The van der Waals surface area contributed by atoms with Gasteiger partial charge in [0.05, 0.1) is 0 Å². The smallest absolute Gasteiger partial charge is 0.338 e. The monoisotopic (exact) mass is 386 g/mol. The molecule has 0 radical (unpaired) electrons. The zero-order valence-corrected chi connectivity index (χ0v) is 14.6. The van der Waals surface area contributed by atoms with E-state index in [1.54, 1.807) is 24.3 Å². The Labute approximate surface area is 153 Å². The maximum atomic E-state index is 12.8. The highest BCUT2D eigenvalue weighted by atomic mass is 35.5. The summed E-state index contributed by atoms with van der Waals surface area (Å²) in [6.45, 7) is 0.636. The number of aryl methyl sites for hydroxylation is 1. The van der Waals surface area contributed by atoms with Gasteiger partial charge in [0, 0.05) is 35.4 Å². The first-order valence-electron chi connectivity index (χ1n) is 8.28. The molecule has 0 unspecified atom stereocenters. The molecule has 2 amide bonds. The normalized spacial score (nSPS) is 14.3. The van der Waals surface area contributed by atoms with E-state index < -0.39 is 17.9 Å². The number of hydrogen-bond donors (Lipinski definition) is 2. The predicted molar refractivity (Wildman–Crippen MR) is 92.3 cm³/mol. The lowest BCUT2D eigenvalue weighted by Gasteiger charge is -2.09. The molecule has 2 N–H and O–H groups in total. The Morgan fingerprint density at radius 1 is 1.31 bits per heavy atom. The summed E-state index contributed by atoms with van der Waals surface area (Å²) in [6.07, 6.45) is -2.18. The average Bonchev–Trinajstić information content (AvgIpc) is 3.30. The third-order valence-corrected chi connectivity index (χ3v) is 4.25. The van der Waals surface area contributed by atoms with Crippen LogP contribution in [0, 0.1) is 0 Å². The van der Waals surface area contributed by atoms with Gasteiger partial charge in [0.2, 0.25) is 0 Å². The lowest BCUT2D eigenvalue weighted by atomic mass is 10.2. The van der Waals surface area contributed by atoms with Gasteiger partial charge in [-0.15, -0.1) is 0 Å². The number of hydrogen-bond acceptors (Lipinski definition) is 2. The number of benzene rings is 1. The van der Waals surface area contributed by atoms with Crippen LogP contribution in [-0.2, 0) is 12.7 Å². The van der Waals surface area contributed by atoms with E-state index in [9.17, 15) is 18.0 Å². The Balaban J connectivity index is 1.49. The molecule has 1 fully saturated rings. The molecule has 0 aliphatic heterocycles. The minimum absolute atomic E-state index is 0.165. The number of anilines is 1. The highest BCUT2D eigenvalue weighted by Crippen LogP contribution is 2.42. The van der Waals surface area contributed by atoms with Crippen molar-refractivity contribution in [3.8, 4) is 0 Å². The van der Waals surface area contributed by atoms with Crippen LogP contribution < -0.4 is 10.6 Å². The van der Waals surface area contributed by atoms with E-state index in [0.29, 0.717) is 35.9 Å². The number of nitrogens with one attached hydrogen (secondary N) is 2. The second kappa shape index (κ2) is 7.57. The predicted octanol–water partition coefficient (Wildman–Crippen LogP) is 4.64. The van der Waals surface area contributed by atoms with E-state index in [1.807, 2.05) is 0 Å². The summed E-state index contributed by atoms with van der Waals surface area (Å²) in [5.74, 6) is 0.165. The minimum atomic E-state index is -4.44. The Morgan fingerprint density at radius 2 is 2.08 bits per heavy atom. The Kier molecular flexibility index (Phi) is 5.41. The molecule has 1 aliphatic rings. The largest absolute Gasteiger partial charge is 0.435 e. The first kappa shape index (κ1) is 18.6. The molecule has 140 valence electrons. The van der Waals surface area contributed by atoms with E-state index in [-0.39, 0.29) is 5.92 Å². The summed E-state index contributed by atoms with van der Waals surface area (Å²) in [7, 11) is 0. The molecular weight excluding hydrogens is 369 g/mol. The molecule has 0 spiro atoms. The van der Waals surface area contributed by atoms with Crippen molar-refractivity contribution in [3.05, 3.63) is 46.7 Å². The van der Waals surface area contributed by atoms with Crippen molar-refractivity contribution in [2.24, 2.45) is 0 Å². The molecule has 5 nitrogen and oxygen atoms in total. The molecule has 0 saturated heterocycles. The topological polar surface area (TPSA) is 59.0 Å². The van der Waals surface area contributed by atoms with Crippen LogP contribution >= 0.6 is 11.6 Å². The quantitative estimate of drug-likeness (QED) is 0.710. The maximum absolute atomic E-state index is 12.8. The Morgan fingerprint density at radius 3 is 2.73 bits per heavy atom. The number of halogens is 4. The van der Waals surface area contributed by atoms with Crippen LogP contribution in [-0.4, -0.2) is 22.4 Å². The summed E-state index contributed by atoms with van der Waals surface area (Å²) < 4.78 is 39.9. The van der Waals surface area contributed by atoms with Crippen LogP contribution in [0.5, 0.6) is 0 Å². The Bertz CT molecular complexity index is 787. The maximum Gasteiger partial charge on any atom is 0.435 e. The van der Waals surface area contributed by atoms with Gasteiger partial charge >= 0.3 is 12.2 Å². The summed E-state index contributed by atoms with van der Waals surface area (Å²) in [5, 5.41) is 9.50. The zero-order chi connectivity index (χ0) is 18.7. The molecule has 0 bridgehead atoms. The van der Waals surface area contributed by atoms with Crippen molar-refractivity contribution >= 4 is 23.3 Å². The van der Waals surface area contributed by atoms with Crippen molar-refractivity contribution in [1.82, 2.24) is 15.1 Å². The molecule has 1 aromatic heterocycles. The van der Waals surface area contributed by atoms with Gasteiger partial charge in [-0.1, -0.05) is 17.7 Å². The molecule has 1 aromatic carbocycles.